The maximum absolute atomic E-state index is 14.0. The largest absolute Gasteiger partial charge is 0.481 e. The number of aliphatic imine (C=N–C) groups is 1. The average molecular weight is 800 g/mol. The molecule has 7 amide bonds. The van der Waals surface area contributed by atoms with Crippen LogP contribution in [0.15, 0.2) is 4.99 Å². The summed E-state index contributed by atoms with van der Waals surface area (Å²) in [6.45, 7) is 1.39. The summed E-state index contributed by atoms with van der Waals surface area (Å²) in [5, 5.41) is 48.9. The van der Waals surface area contributed by atoms with Crippen LogP contribution in [0.1, 0.15) is 58.8 Å². The van der Waals surface area contributed by atoms with Crippen LogP contribution in [0.3, 0.4) is 0 Å². The Hall–Kier alpha value is -5.62. The number of carboxylic acids is 2. The monoisotopic (exact) mass is 799 g/mol. The van der Waals surface area contributed by atoms with Crippen LogP contribution in [0.2, 0.25) is 0 Å². The molecule has 56 heavy (non-hydrogen) atoms. The number of likely N-dealkylation sites (tertiary alicyclic amines) is 2. The fourth-order valence-electron chi connectivity index (χ4n) is 6.11. The summed E-state index contributed by atoms with van der Waals surface area (Å²) in [5.41, 5.74) is 16.4. The first-order valence-electron chi connectivity index (χ1n) is 17.9. The molecule has 0 bridgehead atoms. The van der Waals surface area contributed by atoms with Crippen molar-refractivity contribution >= 4 is 59.2 Å². The van der Waals surface area contributed by atoms with Gasteiger partial charge in [0.25, 0.3) is 0 Å². The molecule has 2 aliphatic heterocycles. The van der Waals surface area contributed by atoms with E-state index in [1.165, 1.54) is 23.6 Å². The molecule has 2 rings (SSSR count). The number of nitrogens with one attached hydrogen (secondary N) is 5. The Morgan fingerprint density at radius 2 is 1.39 bits per heavy atom. The minimum absolute atomic E-state index is 0.0538. The van der Waals surface area contributed by atoms with Crippen molar-refractivity contribution < 1.29 is 63.6 Å². The molecule has 0 radical (unpaired) electrons. The van der Waals surface area contributed by atoms with E-state index in [0.29, 0.717) is 12.8 Å². The highest BCUT2D eigenvalue weighted by molar-refractivity contribution is 5.98. The first kappa shape index (κ1) is 46.5. The summed E-state index contributed by atoms with van der Waals surface area (Å²) in [6.07, 6.45) is -0.918. The lowest BCUT2D eigenvalue weighted by Gasteiger charge is -2.31. The summed E-state index contributed by atoms with van der Waals surface area (Å²) in [6, 6.07) is -9.34. The summed E-state index contributed by atoms with van der Waals surface area (Å²) in [7, 11) is 0. The van der Waals surface area contributed by atoms with Gasteiger partial charge in [0.1, 0.15) is 36.3 Å². The van der Waals surface area contributed by atoms with Gasteiger partial charge >= 0.3 is 11.9 Å². The summed E-state index contributed by atoms with van der Waals surface area (Å²) < 4.78 is 0. The average Bonchev–Trinajstić information content (AvgIpc) is 3.82. The number of hydrogen-bond acceptors (Lipinski definition) is 13. The Morgan fingerprint density at radius 3 is 1.93 bits per heavy atom. The van der Waals surface area contributed by atoms with E-state index < -0.39 is 121 Å². The number of aliphatic hydroxyl groups excluding tert-OH is 2. The quantitative estimate of drug-likeness (QED) is 0.0292. The van der Waals surface area contributed by atoms with Crippen LogP contribution in [0, 0.1) is 0 Å². The molecular weight excluding hydrogens is 746 g/mol. The summed E-state index contributed by atoms with van der Waals surface area (Å²) in [4.78, 5) is 120. The van der Waals surface area contributed by atoms with E-state index in [1.54, 1.807) is 0 Å². The van der Waals surface area contributed by atoms with Gasteiger partial charge in [-0.3, -0.25) is 43.3 Å². The highest BCUT2D eigenvalue weighted by Crippen LogP contribution is 2.22. The predicted octanol–water partition coefficient (Wildman–Crippen LogP) is -6.64. The molecule has 2 aliphatic rings. The summed E-state index contributed by atoms with van der Waals surface area (Å²) in [5.74, 6) is -8.70. The summed E-state index contributed by atoms with van der Waals surface area (Å²) >= 11 is 0. The lowest BCUT2D eigenvalue weighted by atomic mass is 10.1. The van der Waals surface area contributed by atoms with Crippen molar-refractivity contribution in [1.82, 2.24) is 36.4 Å². The van der Waals surface area contributed by atoms with Gasteiger partial charge in [0.2, 0.25) is 41.4 Å². The molecule has 0 spiro atoms. The van der Waals surface area contributed by atoms with Crippen LogP contribution in [-0.4, -0.2) is 171 Å². The maximum atomic E-state index is 14.0. The molecule has 24 nitrogen and oxygen atoms in total. The van der Waals surface area contributed by atoms with Gasteiger partial charge in [0, 0.05) is 19.6 Å². The maximum Gasteiger partial charge on any atom is 0.328 e. The standard InChI is InChI=1S/C32H53N11O13/c1-15(29(53)42-10-4-7-20(42)26(50)37-13-22(46)39-19(14-44)31(55)56)38-27(51)21-8-5-11-43(21)30(54)18(6-3-9-36-32(34)35)40-28(52)24(16(2)45)41-25(49)17(33)12-23(47)48/h15-21,24,44-45H,3-14,33H2,1-2H3,(H,37,50)(H,38,51)(H,39,46)(H,40,52)(H,41,49)(H,47,48)(H,55,56)(H4,34,35,36)/t15-,16+,17-,18-,19-,20-,21-,24-/m0/s1. The van der Waals surface area contributed by atoms with Gasteiger partial charge in [-0.1, -0.05) is 0 Å². The number of nitrogens with two attached hydrogens (primary N) is 3. The number of carbonyl (C=O) groups excluding carboxylic acids is 7. The second-order valence-corrected chi connectivity index (χ2v) is 13.4. The second kappa shape index (κ2) is 22.1. The Bertz CT molecular complexity index is 1510. The molecule has 0 unspecified atom stereocenters. The molecule has 0 aromatic carbocycles. The fourth-order valence-corrected chi connectivity index (χ4v) is 6.11. The van der Waals surface area contributed by atoms with Gasteiger partial charge in [0.05, 0.1) is 31.7 Å². The molecular formula is C32H53N11O13. The topological polar surface area (TPSA) is 392 Å². The van der Waals surface area contributed by atoms with E-state index in [2.05, 4.69) is 26.3 Å². The van der Waals surface area contributed by atoms with Crippen LogP contribution in [0.25, 0.3) is 0 Å². The van der Waals surface area contributed by atoms with Crippen molar-refractivity contribution in [3.8, 4) is 0 Å². The number of amides is 7. The minimum Gasteiger partial charge on any atom is -0.481 e. The van der Waals surface area contributed by atoms with Gasteiger partial charge in [-0.05, 0) is 52.4 Å². The van der Waals surface area contributed by atoms with E-state index in [4.69, 9.17) is 32.5 Å². The van der Waals surface area contributed by atoms with E-state index in [9.17, 15) is 48.3 Å². The van der Waals surface area contributed by atoms with Gasteiger partial charge in [0.15, 0.2) is 5.96 Å². The van der Waals surface area contributed by atoms with Crippen LogP contribution in [0.5, 0.6) is 0 Å². The predicted molar refractivity (Wildman–Crippen MR) is 192 cm³/mol. The Morgan fingerprint density at radius 1 is 0.804 bits per heavy atom. The van der Waals surface area contributed by atoms with Crippen molar-refractivity contribution in [2.75, 3.05) is 32.8 Å². The minimum atomic E-state index is -1.65. The zero-order chi connectivity index (χ0) is 42.3. The Labute approximate surface area is 321 Å². The van der Waals surface area contributed by atoms with E-state index in [-0.39, 0.29) is 51.3 Å². The van der Waals surface area contributed by atoms with Crippen molar-refractivity contribution in [2.24, 2.45) is 22.2 Å². The number of carboxylic acid groups (broad SMARTS) is 2. The number of hydrogen-bond donors (Lipinski definition) is 12. The first-order valence-corrected chi connectivity index (χ1v) is 17.9. The molecule has 24 heteroatoms. The Balaban J connectivity index is 2.14. The highest BCUT2D eigenvalue weighted by atomic mass is 16.4. The van der Waals surface area contributed by atoms with Crippen molar-refractivity contribution in [3.63, 3.8) is 0 Å². The number of aliphatic carboxylic acids is 2. The highest BCUT2D eigenvalue weighted by Gasteiger charge is 2.41. The molecule has 2 fully saturated rings. The molecule has 8 atom stereocenters. The zero-order valence-corrected chi connectivity index (χ0v) is 31.1. The third kappa shape index (κ3) is 13.9. The molecule has 0 aromatic rings. The molecule has 0 aromatic heterocycles. The van der Waals surface area contributed by atoms with E-state index in [0.717, 1.165) is 0 Å². The molecule has 2 saturated heterocycles. The van der Waals surface area contributed by atoms with Gasteiger partial charge in [-0.15, -0.1) is 0 Å². The van der Waals surface area contributed by atoms with E-state index in [1.807, 2.05) is 5.32 Å². The van der Waals surface area contributed by atoms with Crippen LogP contribution in [-0.2, 0) is 43.2 Å². The third-order valence-corrected chi connectivity index (χ3v) is 9.00. The molecule has 2 heterocycles. The number of guanidine groups is 1. The fraction of sp³-hybridized carbons (Fsp3) is 0.688. The van der Waals surface area contributed by atoms with Crippen LogP contribution in [0.4, 0.5) is 0 Å². The smallest absolute Gasteiger partial charge is 0.328 e. The SMILES string of the molecule is C[C@H](NC(=O)[C@@H]1CCCN1C(=O)[C@H](CCCN=C(N)N)NC(=O)[C@@H](NC(=O)[C@@H](N)CC(=O)O)[C@@H](C)O)C(=O)N1CCC[C@H]1C(=O)NCC(=O)N[C@@H](CO)C(=O)O. The lowest BCUT2D eigenvalue weighted by Crippen LogP contribution is -2.60. The van der Waals surface area contributed by atoms with Crippen molar-refractivity contribution in [2.45, 2.75) is 107 Å². The van der Waals surface area contributed by atoms with Crippen molar-refractivity contribution in [1.29, 1.82) is 0 Å². The van der Waals surface area contributed by atoms with Gasteiger partial charge in [-0.25, -0.2) is 4.79 Å². The number of carbonyl (C=O) groups is 9. The van der Waals surface area contributed by atoms with Crippen molar-refractivity contribution in [3.05, 3.63) is 0 Å². The third-order valence-electron chi connectivity index (χ3n) is 9.00. The van der Waals surface area contributed by atoms with Crippen LogP contribution >= 0.6 is 0 Å². The molecule has 0 saturated carbocycles. The zero-order valence-electron chi connectivity index (χ0n) is 31.1. The lowest BCUT2D eigenvalue weighted by molar-refractivity contribution is -0.144. The molecule has 0 aliphatic carbocycles. The van der Waals surface area contributed by atoms with Gasteiger partial charge < -0.3 is 74.0 Å². The van der Waals surface area contributed by atoms with Crippen LogP contribution < -0.4 is 43.8 Å². The number of nitrogens with zero attached hydrogens (tertiary/aromatic N) is 3. The second-order valence-electron chi connectivity index (χ2n) is 13.4. The molecule has 314 valence electrons. The van der Waals surface area contributed by atoms with Gasteiger partial charge in [-0.2, -0.15) is 0 Å². The first-order chi connectivity index (χ1) is 26.3. The molecule has 15 N–H and O–H groups in total. The number of rotatable bonds is 21. The Kier molecular flexibility index (Phi) is 18.3. The normalized spacial score (nSPS) is 19.6. The number of aliphatic hydroxyl groups is 2. The van der Waals surface area contributed by atoms with E-state index >= 15 is 0 Å².